The van der Waals surface area contributed by atoms with Gasteiger partial charge in [-0.05, 0) is 67.6 Å². The topological polar surface area (TPSA) is 57.5 Å². The molecule has 0 heterocycles. The molecule has 4 aliphatic rings. The first-order valence-electron chi connectivity index (χ1n) is 9.37. The van der Waals surface area contributed by atoms with Crippen LogP contribution in [0.2, 0.25) is 0 Å². The molecule has 0 aromatic carbocycles. The second-order valence-electron chi connectivity index (χ2n) is 9.29. The quantitative estimate of drug-likeness (QED) is 0.675. The van der Waals surface area contributed by atoms with Gasteiger partial charge in [-0.25, -0.2) is 0 Å². The van der Waals surface area contributed by atoms with Crippen molar-refractivity contribution in [2.75, 3.05) is 0 Å². The van der Waals surface area contributed by atoms with Crippen molar-refractivity contribution in [3.63, 3.8) is 0 Å². The zero-order chi connectivity index (χ0) is 16.6. The molecular weight excluding hydrogens is 288 g/mol. The summed E-state index contributed by atoms with van der Waals surface area (Å²) in [7, 11) is 0. The molecule has 3 saturated carbocycles. The standard InChI is InChI=1S/C20H30O3/c1-11-10-20(3)15(9-16(22)18(20)23)14-5-4-12-8-13(21)6-7-19(12,2)17(11)14/h4,11,13-17,21-22H,5-10H2,1-3H3/t11?,13-,14?,15?,16+,17?,19-,20-/m0/s1. The third kappa shape index (κ3) is 1.99. The highest BCUT2D eigenvalue weighted by Gasteiger charge is 2.62. The number of hydrogen-bond acceptors (Lipinski definition) is 3. The number of Topliss-reactive ketones (excluding diaryl/α,β-unsaturated/α-hetero) is 1. The third-order valence-electron chi connectivity index (χ3n) is 8.06. The van der Waals surface area contributed by atoms with Gasteiger partial charge in [0.05, 0.1) is 6.10 Å². The fraction of sp³-hybridized carbons (Fsp3) is 0.850. The Morgan fingerprint density at radius 3 is 2.70 bits per heavy atom. The van der Waals surface area contributed by atoms with Crippen LogP contribution in [0.1, 0.15) is 59.3 Å². The zero-order valence-corrected chi connectivity index (χ0v) is 14.6. The molecule has 0 amide bonds. The highest BCUT2D eigenvalue weighted by molar-refractivity contribution is 5.91. The van der Waals surface area contributed by atoms with E-state index < -0.39 is 6.10 Å². The summed E-state index contributed by atoms with van der Waals surface area (Å²) in [6.45, 7) is 6.82. The summed E-state index contributed by atoms with van der Waals surface area (Å²) in [4.78, 5) is 12.6. The average Bonchev–Trinajstić information content (AvgIpc) is 2.71. The van der Waals surface area contributed by atoms with Crippen molar-refractivity contribution >= 4 is 5.78 Å². The highest BCUT2D eigenvalue weighted by Crippen LogP contribution is 2.65. The number of hydrogen-bond donors (Lipinski definition) is 2. The third-order valence-corrected chi connectivity index (χ3v) is 8.06. The molecule has 3 heteroatoms. The van der Waals surface area contributed by atoms with Gasteiger partial charge < -0.3 is 10.2 Å². The molecule has 4 unspecified atom stereocenters. The van der Waals surface area contributed by atoms with E-state index in [0.29, 0.717) is 30.1 Å². The predicted molar refractivity (Wildman–Crippen MR) is 88.7 cm³/mol. The van der Waals surface area contributed by atoms with E-state index >= 15 is 0 Å². The van der Waals surface area contributed by atoms with Crippen LogP contribution in [0.3, 0.4) is 0 Å². The minimum absolute atomic E-state index is 0.0896. The fourth-order valence-corrected chi connectivity index (χ4v) is 7.14. The first kappa shape index (κ1) is 15.8. The average molecular weight is 318 g/mol. The van der Waals surface area contributed by atoms with E-state index in [4.69, 9.17) is 0 Å². The minimum Gasteiger partial charge on any atom is -0.393 e. The van der Waals surface area contributed by atoms with Gasteiger partial charge in [-0.15, -0.1) is 0 Å². The van der Waals surface area contributed by atoms with E-state index in [1.54, 1.807) is 0 Å². The maximum absolute atomic E-state index is 12.6. The molecule has 0 bridgehead atoms. The Kier molecular flexibility index (Phi) is 3.39. The Labute approximate surface area is 139 Å². The molecule has 0 saturated heterocycles. The van der Waals surface area contributed by atoms with Crippen LogP contribution in [-0.4, -0.2) is 28.2 Å². The Hall–Kier alpha value is -0.670. The molecule has 23 heavy (non-hydrogen) atoms. The van der Waals surface area contributed by atoms with Gasteiger partial charge in [0, 0.05) is 5.41 Å². The molecule has 0 radical (unpaired) electrons. The largest absolute Gasteiger partial charge is 0.393 e. The number of ketones is 1. The molecule has 0 aromatic rings. The normalized spacial score (nSPS) is 55.7. The molecule has 4 aliphatic carbocycles. The number of carbonyl (C=O) groups is 1. The molecule has 3 fully saturated rings. The highest BCUT2D eigenvalue weighted by atomic mass is 16.3. The number of rotatable bonds is 0. The van der Waals surface area contributed by atoms with Gasteiger partial charge in [0.25, 0.3) is 0 Å². The van der Waals surface area contributed by atoms with Crippen molar-refractivity contribution in [3.8, 4) is 0 Å². The molecule has 3 nitrogen and oxygen atoms in total. The maximum Gasteiger partial charge on any atom is 0.167 e. The van der Waals surface area contributed by atoms with E-state index in [1.165, 1.54) is 5.57 Å². The summed E-state index contributed by atoms with van der Waals surface area (Å²) in [5.41, 5.74) is 1.31. The SMILES string of the molecule is CC1C[C@]2(C)C(=O)[C@H](O)CC2C2CC=C3C[C@@H](O)CC[C@]3(C)C12. The van der Waals surface area contributed by atoms with Gasteiger partial charge in [0.1, 0.15) is 6.10 Å². The van der Waals surface area contributed by atoms with Crippen LogP contribution < -0.4 is 0 Å². The summed E-state index contributed by atoms with van der Waals surface area (Å²) >= 11 is 0. The van der Waals surface area contributed by atoms with E-state index in [9.17, 15) is 15.0 Å². The van der Waals surface area contributed by atoms with E-state index in [1.807, 2.05) is 0 Å². The Bertz CT molecular complexity index is 567. The van der Waals surface area contributed by atoms with Crippen LogP contribution in [0.15, 0.2) is 11.6 Å². The summed E-state index contributed by atoms with van der Waals surface area (Å²) in [5, 5.41) is 20.3. The zero-order valence-electron chi connectivity index (χ0n) is 14.6. The number of carbonyl (C=O) groups excluding carboxylic acids is 1. The van der Waals surface area contributed by atoms with Gasteiger partial charge in [-0.2, -0.15) is 0 Å². The first-order valence-corrected chi connectivity index (χ1v) is 9.37. The van der Waals surface area contributed by atoms with E-state index in [2.05, 4.69) is 26.8 Å². The summed E-state index contributed by atoms with van der Waals surface area (Å²) < 4.78 is 0. The van der Waals surface area contributed by atoms with Crippen molar-refractivity contribution < 1.29 is 15.0 Å². The minimum atomic E-state index is -0.748. The van der Waals surface area contributed by atoms with Crippen LogP contribution in [-0.2, 0) is 4.79 Å². The molecule has 8 atom stereocenters. The Balaban J connectivity index is 1.75. The van der Waals surface area contributed by atoms with Crippen molar-refractivity contribution in [2.45, 2.75) is 71.5 Å². The van der Waals surface area contributed by atoms with Crippen molar-refractivity contribution in [3.05, 3.63) is 11.6 Å². The lowest BCUT2D eigenvalue weighted by Crippen LogP contribution is -2.53. The summed E-state index contributed by atoms with van der Waals surface area (Å²) in [5.74, 6) is 2.01. The van der Waals surface area contributed by atoms with Crippen molar-refractivity contribution in [1.29, 1.82) is 0 Å². The second kappa shape index (κ2) is 4.92. The Morgan fingerprint density at radius 2 is 1.96 bits per heavy atom. The fourth-order valence-electron chi connectivity index (χ4n) is 7.14. The molecule has 128 valence electrons. The van der Waals surface area contributed by atoms with Crippen LogP contribution >= 0.6 is 0 Å². The van der Waals surface area contributed by atoms with E-state index in [0.717, 1.165) is 32.1 Å². The monoisotopic (exact) mass is 318 g/mol. The predicted octanol–water partition coefficient (Wildman–Crippen LogP) is 3.10. The number of allylic oxidation sites excluding steroid dienone is 1. The number of fused-ring (bicyclic) bond motifs is 5. The Morgan fingerprint density at radius 1 is 1.22 bits per heavy atom. The molecule has 0 aromatic heterocycles. The van der Waals surface area contributed by atoms with Gasteiger partial charge >= 0.3 is 0 Å². The van der Waals surface area contributed by atoms with Crippen molar-refractivity contribution in [2.24, 2.45) is 34.5 Å². The van der Waals surface area contributed by atoms with E-state index in [-0.39, 0.29) is 22.7 Å². The van der Waals surface area contributed by atoms with Gasteiger partial charge in [0.2, 0.25) is 0 Å². The maximum atomic E-state index is 12.6. The summed E-state index contributed by atoms with van der Waals surface area (Å²) in [6.07, 6.45) is 6.83. The van der Waals surface area contributed by atoms with Crippen molar-refractivity contribution in [1.82, 2.24) is 0 Å². The molecule has 0 aliphatic heterocycles. The lowest BCUT2D eigenvalue weighted by Gasteiger charge is -2.59. The molecule has 0 spiro atoms. The molecular formula is C20H30O3. The first-order chi connectivity index (χ1) is 10.8. The van der Waals surface area contributed by atoms with Gasteiger partial charge in [-0.1, -0.05) is 32.4 Å². The summed E-state index contributed by atoms with van der Waals surface area (Å²) in [6, 6.07) is 0. The number of aliphatic hydroxyl groups excluding tert-OH is 2. The lowest BCUT2D eigenvalue weighted by molar-refractivity contribution is -0.139. The smallest absolute Gasteiger partial charge is 0.167 e. The second-order valence-corrected chi connectivity index (χ2v) is 9.29. The molecule has 2 N–H and O–H groups in total. The van der Waals surface area contributed by atoms with Gasteiger partial charge in [-0.3, -0.25) is 4.79 Å². The van der Waals surface area contributed by atoms with Crippen LogP contribution in [0.4, 0.5) is 0 Å². The van der Waals surface area contributed by atoms with Crippen LogP contribution in [0.25, 0.3) is 0 Å². The lowest BCUT2D eigenvalue weighted by atomic mass is 9.45. The van der Waals surface area contributed by atoms with Gasteiger partial charge in [0.15, 0.2) is 5.78 Å². The molecule has 4 rings (SSSR count). The van der Waals surface area contributed by atoms with Crippen LogP contribution in [0.5, 0.6) is 0 Å². The van der Waals surface area contributed by atoms with Crippen LogP contribution in [0, 0.1) is 34.5 Å². The number of aliphatic hydroxyl groups is 2.